The average Bonchev–Trinajstić information content (AvgIpc) is 3.40. The molecule has 7 heteroatoms. The summed E-state index contributed by atoms with van der Waals surface area (Å²) in [5.74, 6) is -0.278. The van der Waals surface area contributed by atoms with Gasteiger partial charge >= 0.3 is 0 Å². The SMILES string of the molecule is O=C(/C=C/c1ccc(F)cc1)N1CCN(Cc2csc(-c3ccsc3)n2)CC1. The van der Waals surface area contributed by atoms with E-state index in [1.165, 1.54) is 17.7 Å². The van der Waals surface area contributed by atoms with Crippen LogP contribution in [0.25, 0.3) is 16.6 Å². The first-order valence-electron chi connectivity index (χ1n) is 9.09. The van der Waals surface area contributed by atoms with E-state index in [2.05, 4.69) is 27.1 Å². The van der Waals surface area contributed by atoms with Gasteiger partial charge in [0, 0.05) is 55.1 Å². The van der Waals surface area contributed by atoms with Gasteiger partial charge in [0.15, 0.2) is 0 Å². The monoisotopic (exact) mass is 413 g/mol. The number of rotatable bonds is 5. The van der Waals surface area contributed by atoms with E-state index in [9.17, 15) is 9.18 Å². The number of hydrogen-bond acceptors (Lipinski definition) is 5. The van der Waals surface area contributed by atoms with Gasteiger partial charge in [0.2, 0.25) is 5.91 Å². The number of aromatic nitrogens is 1. The predicted octanol–water partition coefficient (Wildman–Crippen LogP) is 4.37. The summed E-state index contributed by atoms with van der Waals surface area (Å²) in [6.07, 6.45) is 3.30. The topological polar surface area (TPSA) is 36.4 Å². The van der Waals surface area contributed by atoms with Crippen LogP contribution in [0.15, 0.2) is 52.5 Å². The van der Waals surface area contributed by atoms with Crippen LogP contribution in [0, 0.1) is 5.82 Å². The normalized spacial score (nSPS) is 15.4. The maximum atomic E-state index is 12.9. The third-order valence-electron chi connectivity index (χ3n) is 4.68. The van der Waals surface area contributed by atoms with Crippen molar-refractivity contribution in [1.82, 2.24) is 14.8 Å². The molecule has 2 aromatic heterocycles. The third kappa shape index (κ3) is 4.73. The van der Waals surface area contributed by atoms with Gasteiger partial charge < -0.3 is 4.90 Å². The van der Waals surface area contributed by atoms with Gasteiger partial charge in [-0.15, -0.1) is 11.3 Å². The number of benzene rings is 1. The smallest absolute Gasteiger partial charge is 0.246 e. The molecule has 1 aromatic carbocycles. The van der Waals surface area contributed by atoms with Crippen molar-refractivity contribution in [1.29, 1.82) is 0 Å². The van der Waals surface area contributed by atoms with E-state index in [0.29, 0.717) is 13.1 Å². The van der Waals surface area contributed by atoms with Crippen LogP contribution >= 0.6 is 22.7 Å². The van der Waals surface area contributed by atoms with E-state index in [-0.39, 0.29) is 11.7 Å². The molecular formula is C21H20FN3OS2. The molecule has 0 N–H and O–H groups in total. The third-order valence-corrected chi connectivity index (χ3v) is 6.30. The fourth-order valence-electron chi connectivity index (χ4n) is 3.10. The number of thiophene rings is 1. The van der Waals surface area contributed by atoms with Crippen molar-refractivity contribution in [2.75, 3.05) is 26.2 Å². The summed E-state index contributed by atoms with van der Waals surface area (Å²) in [5.41, 5.74) is 3.09. The summed E-state index contributed by atoms with van der Waals surface area (Å²) in [7, 11) is 0. The first-order chi connectivity index (χ1) is 13.7. The van der Waals surface area contributed by atoms with E-state index in [4.69, 9.17) is 4.98 Å². The van der Waals surface area contributed by atoms with Gasteiger partial charge in [-0.25, -0.2) is 9.37 Å². The number of halogens is 1. The zero-order valence-electron chi connectivity index (χ0n) is 15.3. The lowest BCUT2D eigenvalue weighted by molar-refractivity contribution is -0.127. The number of nitrogens with zero attached hydrogens (tertiary/aromatic N) is 3. The highest BCUT2D eigenvalue weighted by atomic mass is 32.1. The fraction of sp³-hybridized carbons (Fsp3) is 0.238. The standard InChI is InChI=1S/C21H20FN3OS2/c22-18-4-1-16(2-5-18)3-6-20(26)25-10-8-24(9-11-25)13-19-15-28-21(23-19)17-7-12-27-14-17/h1-7,12,14-15H,8-11,13H2/b6-3+. The Morgan fingerprint density at radius 2 is 1.89 bits per heavy atom. The molecule has 0 saturated carbocycles. The molecule has 144 valence electrons. The Hall–Kier alpha value is -2.35. The van der Waals surface area contributed by atoms with Crippen LogP contribution in [-0.4, -0.2) is 46.9 Å². The molecule has 1 saturated heterocycles. The van der Waals surface area contributed by atoms with Gasteiger partial charge in [0.25, 0.3) is 0 Å². The Kier molecular flexibility index (Phi) is 5.95. The fourth-order valence-corrected chi connectivity index (χ4v) is 4.62. The number of hydrogen-bond donors (Lipinski definition) is 0. The minimum atomic E-state index is -0.276. The van der Waals surface area contributed by atoms with Gasteiger partial charge in [-0.2, -0.15) is 11.3 Å². The van der Waals surface area contributed by atoms with Gasteiger partial charge in [0.05, 0.1) is 5.69 Å². The summed E-state index contributed by atoms with van der Waals surface area (Å²) in [5, 5.41) is 7.37. The Labute approximate surface area is 171 Å². The van der Waals surface area contributed by atoms with E-state index in [1.807, 2.05) is 4.90 Å². The van der Waals surface area contributed by atoms with Crippen LogP contribution in [0.4, 0.5) is 4.39 Å². The Balaban J connectivity index is 1.27. The molecular weight excluding hydrogens is 393 g/mol. The van der Waals surface area contributed by atoms with E-state index in [1.54, 1.807) is 47.0 Å². The molecule has 28 heavy (non-hydrogen) atoms. The highest BCUT2D eigenvalue weighted by molar-refractivity contribution is 7.14. The van der Waals surface area contributed by atoms with E-state index >= 15 is 0 Å². The van der Waals surface area contributed by atoms with Crippen molar-refractivity contribution in [3.63, 3.8) is 0 Å². The second kappa shape index (κ2) is 8.77. The number of piperazine rings is 1. The average molecular weight is 414 g/mol. The number of thiazole rings is 1. The molecule has 1 amide bonds. The molecule has 1 aliphatic rings. The quantitative estimate of drug-likeness (QED) is 0.583. The zero-order valence-corrected chi connectivity index (χ0v) is 16.9. The molecule has 1 aliphatic heterocycles. The summed E-state index contributed by atoms with van der Waals surface area (Å²) in [6.45, 7) is 3.89. The number of carbonyl (C=O) groups excluding carboxylic acids is 1. The van der Waals surface area contributed by atoms with Crippen LogP contribution in [0.3, 0.4) is 0 Å². The summed E-state index contributed by atoms with van der Waals surface area (Å²) >= 11 is 3.36. The summed E-state index contributed by atoms with van der Waals surface area (Å²) < 4.78 is 12.9. The number of amides is 1. The molecule has 0 spiro atoms. The van der Waals surface area contributed by atoms with Crippen molar-refractivity contribution in [2.45, 2.75) is 6.54 Å². The molecule has 0 atom stereocenters. The van der Waals surface area contributed by atoms with Crippen molar-refractivity contribution >= 4 is 34.7 Å². The maximum Gasteiger partial charge on any atom is 0.246 e. The van der Waals surface area contributed by atoms with Crippen molar-refractivity contribution in [3.8, 4) is 10.6 Å². The van der Waals surface area contributed by atoms with Crippen LogP contribution < -0.4 is 0 Å². The highest BCUT2D eigenvalue weighted by Crippen LogP contribution is 2.26. The second-order valence-electron chi connectivity index (χ2n) is 6.64. The Bertz CT molecular complexity index is 942. The van der Waals surface area contributed by atoms with E-state index < -0.39 is 0 Å². The van der Waals surface area contributed by atoms with Gasteiger partial charge in [-0.1, -0.05) is 12.1 Å². The lowest BCUT2D eigenvalue weighted by atomic mass is 10.2. The second-order valence-corrected chi connectivity index (χ2v) is 8.28. The van der Waals surface area contributed by atoms with E-state index in [0.717, 1.165) is 35.9 Å². The Morgan fingerprint density at radius 1 is 1.11 bits per heavy atom. The molecule has 0 bridgehead atoms. The minimum absolute atomic E-state index is 0.00243. The molecule has 0 radical (unpaired) electrons. The lowest BCUT2D eigenvalue weighted by Crippen LogP contribution is -2.47. The zero-order chi connectivity index (χ0) is 19.3. The first-order valence-corrected chi connectivity index (χ1v) is 10.9. The lowest BCUT2D eigenvalue weighted by Gasteiger charge is -2.33. The summed E-state index contributed by atoms with van der Waals surface area (Å²) in [6, 6.07) is 8.21. The molecule has 0 aliphatic carbocycles. The van der Waals surface area contributed by atoms with Gasteiger partial charge in [0.1, 0.15) is 10.8 Å². The predicted molar refractivity (Wildman–Crippen MR) is 113 cm³/mol. The van der Waals surface area contributed by atoms with Crippen molar-refractivity contribution in [2.24, 2.45) is 0 Å². The number of carbonyl (C=O) groups is 1. The molecule has 3 heterocycles. The van der Waals surface area contributed by atoms with Crippen molar-refractivity contribution < 1.29 is 9.18 Å². The van der Waals surface area contributed by atoms with Crippen molar-refractivity contribution in [3.05, 3.63) is 69.6 Å². The Morgan fingerprint density at radius 3 is 2.61 bits per heavy atom. The highest BCUT2D eigenvalue weighted by Gasteiger charge is 2.20. The maximum absolute atomic E-state index is 12.9. The molecule has 3 aromatic rings. The van der Waals surface area contributed by atoms with Crippen LogP contribution in [-0.2, 0) is 11.3 Å². The summed E-state index contributed by atoms with van der Waals surface area (Å²) in [4.78, 5) is 21.3. The molecule has 4 rings (SSSR count). The van der Waals surface area contributed by atoms with Gasteiger partial charge in [-0.05, 0) is 35.2 Å². The molecule has 4 nitrogen and oxygen atoms in total. The largest absolute Gasteiger partial charge is 0.337 e. The van der Waals surface area contributed by atoms with Gasteiger partial charge in [-0.3, -0.25) is 9.69 Å². The molecule has 0 unspecified atom stereocenters. The minimum Gasteiger partial charge on any atom is -0.337 e. The van der Waals surface area contributed by atoms with Crippen LogP contribution in [0.1, 0.15) is 11.3 Å². The first kappa shape index (κ1) is 19.0. The molecule has 1 fully saturated rings. The van der Waals surface area contributed by atoms with Crippen LogP contribution in [0.5, 0.6) is 0 Å². The van der Waals surface area contributed by atoms with Crippen LogP contribution in [0.2, 0.25) is 0 Å².